The van der Waals surface area contributed by atoms with Gasteiger partial charge < -0.3 is 19.5 Å². The standard InChI is InChI=1S/C23H24N4O6S/c1-32-18-7-9-19(10-8-18)34(30,31)27-13-11-26(12-14-27)22(28)16-24-23(29)20-15-21(33-25-20)17-5-3-2-4-6-17/h2-10,15H,11-14,16H2,1H3,(H,24,29). The van der Waals surface area contributed by atoms with Gasteiger partial charge in [-0.3, -0.25) is 9.59 Å². The van der Waals surface area contributed by atoms with E-state index < -0.39 is 15.9 Å². The van der Waals surface area contributed by atoms with Crippen molar-refractivity contribution in [2.75, 3.05) is 39.8 Å². The first-order chi connectivity index (χ1) is 16.4. The molecule has 0 radical (unpaired) electrons. The summed E-state index contributed by atoms with van der Waals surface area (Å²) in [5, 5.41) is 6.31. The first-order valence-corrected chi connectivity index (χ1v) is 12.0. The van der Waals surface area contributed by atoms with Gasteiger partial charge in [0, 0.05) is 37.8 Å². The zero-order valence-corrected chi connectivity index (χ0v) is 19.3. The molecule has 0 bridgehead atoms. The topological polar surface area (TPSA) is 122 Å². The van der Waals surface area contributed by atoms with E-state index in [0.29, 0.717) is 11.5 Å². The summed E-state index contributed by atoms with van der Waals surface area (Å²) in [5.74, 6) is 0.186. The molecule has 1 aromatic heterocycles. The molecule has 0 saturated carbocycles. The minimum absolute atomic E-state index is 0.0713. The Balaban J connectivity index is 1.28. The Labute approximate surface area is 197 Å². The second-order valence-electron chi connectivity index (χ2n) is 7.59. The maximum atomic E-state index is 12.8. The Bertz CT molecular complexity index is 1250. The molecule has 34 heavy (non-hydrogen) atoms. The van der Waals surface area contributed by atoms with E-state index in [2.05, 4.69) is 10.5 Å². The number of nitrogens with zero attached hydrogens (tertiary/aromatic N) is 3. The lowest BCUT2D eigenvalue weighted by Gasteiger charge is -2.34. The largest absolute Gasteiger partial charge is 0.497 e. The van der Waals surface area contributed by atoms with Crippen LogP contribution < -0.4 is 10.1 Å². The lowest BCUT2D eigenvalue weighted by atomic mass is 10.1. The number of nitrogens with one attached hydrogen (secondary N) is 1. The van der Waals surface area contributed by atoms with E-state index in [1.807, 2.05) is 30.3 Å². The molecule has 3 aromatic rings. The molecule has 11 heteroatoms. The van der Waals surface area contributed by atoms with Crippen LogP contribution >= 0.6 is 0 Å². The number of sulfonamides is 1. The van der Waals surface area contributed by atoms with Crippen molar-refractivity contribution >= 4 is 21.8 Å². The Morgan fingerprint density at radius 3 is 2.35 bits per heavy atom. The third-order valence-electron chi connectivity index (χ3n) is 5.49. The molecular formula is C23H24N4O6S. The highest BCUT2D eigenvalue weighted by Crippen LogP contribution is 2.21. The Morgan fingerprint density at radius 1 is 1.03 bits per heavy atom. The van der Waals surface area contributed by atoms with Gasteiger partial charge in [0.1, 0.15) is 5.75 Å². The minimum Gasteiger partial charge on any atom is -0.497 e. The van der Waals surface area contributed by atoms with Gasteiger partial charge in [0.2, 0.25) is 15.9 Å². The van der Waals surface area contributed by atoms with Gasteiger partial charge in [0.15, 0.2) is 11.5 Å². The number of piperazine rings is 1. The van der Waals surface area contributed by atoms with Crippen molar-refractivity contribution < 1.29 is 27.3 Å². The Kier molecular flexibility index (Phi) is 6.94. The fourth-order valence-corrected chi connectivity index (χ4v) is 4.98. The average molecular weight is 485 g/mol. The van der Waals surface area contributed by atoms with Crippen LogP contribution in [0.2, 0.25) is 0 Å². The van der Waals surface area contributed by atoms with Gasteiger partial charge >= 0.3 is 0 Å². The quantitative estimate of drug-likeness (QED) is 0.541. The molecule has 2 heterocycles. The van der Waals surface area contributed by atoms with E-state index >= 15 is 0 Å². The number of carbonyl (C=O) groups is 2. The lowest BCUT2D eigenvalue weighted by molar-refractivity contribution is -0.131. The second kappa shape index (κ2) is 10.1. The summed E-state index contributed by atoms with van der Waals surface area (Å²) in [6.07, 6.45) is 0. The van der Waals surface area contributed by atoms with Gasteiger partial charge in [0.25, 0.3) is 5.91 Å². The van der Waals surface area contributed by atoms with Crippen LogP contribution in [0.4, 0.5) is 0 Å². The van der Waals surface area contributed by atoms with E-state index in [4.69, 9.17) is 9.26 Å². The van der Waals surface area contributed by atoms with E-state index in [1.165, 1.54) is 34.5 Å². The zero-order chi connectivity index (χ0) is 24.1. The second-order valence-corrected chi connectivity index (χ2v) is 9.52. The number of ether oxygens (including phenoxy) is 1. The predicted octanol–water partition coefficient (Wildman–Crippen LogP) is 1.61. The minimum atomic E-state index is -3.67. The number of hydrogen-bond acceptors (Lipinski definition) is 7. The molecule has 0 aliphatic carbocycles. The molecular weight excluding hydrogens is 460 g/mol. The number of amides is 2. The molecule has 1 saturated heterocycles. The predicted molar refractivity (Wildman–Crippen MR) is 123 cm³/mol. The molecule has 10 nitrogen and oxygen atoms in total. The summed E-state index contributed by atoms with van der Waals surface area (Å²) >= 11 is 0. The SMILES string of the molecule is COc1ccc(S(=O)(=O)N2CCN(C(=O)CNC(=O)c3cc(-c4ccccc4)on3)CC2)cc1. The van der Waals surface area contributed by atoms with Gasteiger partial charge in [-0.05, 0) is 24.3 Å². The molecule has 178 valence electrons. The van der Waals surface area contributed by atoms with E-state index in [-0.39, 0.29) is 49.2 Å². The fourth-order valence-electron chi connectivity index (χ4n) is 3.55. The molecule has 1 aliphatic rings. The molecule has 1 aliphatic heterocycles. The molecule has 1 N–H and O–H groups in total. The van der Waals surface area contributed by atoms with Crippen LogP contribution in [0.15, 0.2) is 70.1 Å². The maximum Gasteiger partial charge on any atom is 0.273 e. The highest BCUT2D eigenvalue weighted by molar-refractivity contribution is 7.89. The van der Waals surface area contributed by atoms with Gasteiger partial charge in [-0.2, -0.15) is 4.31 Å². The van der Waals surface area contributed by atoms with Crippen LogP contribution in [0.3, 0.4) is 0 Å². The van der Waals surface area contributed by atoms with Crippen LogP contribution in [0.25, 0.3) is 11.3 Å². The maximum absolute atomic E-state index is 12.8. The van der Waals surface area contributed by atoms with Crippen molar-refractivity contribution in [3.8, 4) is 17.1 Å². The van der Waals surface area contributed by atoms with E-state index in [1.54, 1.807) is 12.1 Å². The van der Waals surface area contributed by atoms with Gasteiger partial charge in [-0.15, -0.1) is 0 Å². The van der Waals surface area contributed by atoms with Crippen LogP contribution in [-0.4, -0.2) is 74.4 Å². The monoisotopic (exact) mass is 484 g/mol. The molecule has 1 fully saturated rings. The molecule has 2 amide bonds. The van der Waals surface area contributed by atoms with E-state index in [0.717, 1.165) is 5.56 Å². The van der Waals surface area contributed by atoms with Gasteiger partial charge in [-0.1, -0.05) is 35.5 Å². The first kappa shape index (κ1) is 23.5. The average Bonchev–Trinajstić information content (AvgIpc) is 3.38. The van der Waals surface area contributed by atoms with E-state index in [9.17, 15) is 18.0 Å². The lowest BCUT2D eigenvalue weighted by Crippen LogP contribution is -2.52. The smallest absolute Gasteiger partial charge is 0.273 e. The van der Waals surface area contributed by atoms with Crippen LogP contribution in [0.1, 0.15) is 10.5 Å². The van der Waals surface area contributed by atoms with Crippen molar-refractivity contribution in [3.63, 3.8) is 0 Å². The summed E-state index contributed by atoms with van der Waals surface area (Å²) in [6, 6.07) is 16.9. The first-order valence-electron chi connectivity index (χ1n) is 10.6. The molecule has 0 spiro atoms. The zero-order valence-electron chi connectivity index (χ0n) is 18.5. The van der Waals surface area contributed by atoms with Crippen molar-refractivity contribution in [2.45, 2.75) is 4.90 Å². The van der Waals surface area contributed by atoms with Crippen LogP contribution in [-0.2, 0) is 14.8 Å². The Morgan fingerprint density at radius 2 is 1.71 bits per heavy atom. The summed E-state index contributed by atoms with van der Waals surface area (Å²) in [5.41, 5.74) is 0.856. The highest BCUT2D eigenvalue weighted by atomic mass is 32.2. The van der Waals surface area contributed by atoms with Crippen LogP contribution in [0.5, 0.6) is 5.75 Å². The van der Waals surface area contributed by atoms with Crippen molar-refractivity contribution in [1.29, 1.82) is 0 Å². The summed E-state index contributed by atoms with van der Waals surface area (Å²) in [6.45, 7) is 0.561. The molecule has 0 unspecified atom stereocenters. The Hall–Kier alpha value is -3.70. The highest BCUT2D eigenvalue weighted by Gasteiger charge is 2.30. The van der Waals surface area contributed by atoms with Gasteiger partial charge in [0.05, 0.1) is 18.6 Å². The molecule has 4 rings (SSSR count). The molecule has 2 aromatic carbocycles. The van der Waals surface area contributed by atoms with Crippen molar-refractivity contribution in [1.82, 2.24) is 19.7 Å². The van der Waals surface area contributed by atoms with Crippen molar-refractivity contribution in [2.24, 2.45) is 0 Å². The van der Waals surface area contributed by atoms with Crippen LogP contribution in [0, 0.1) is 0 Å². The third-order valence-corrected chi connectivity index (χ3v) is 7.40. The summed E-state index contributed by atoms with van der Waals surface area (Å²) in [4.78, 5) is 26.6. The number of benzene rings is 2. The van der Waals surface area contributed by atoms with Gasteiger partial charge in [-0.25, -0.2) is 8.42 Å². The molecule has 0 atom stereocenters. The number of rotatable bonds is 7. The van der Waals surface area contributed by atoms with Crippen molar-refractivity contribution in [3.05, 3.63) is 66.4 Å². The number of hydrogen-bond donors (Lipinski definition) is 1. The number of carbonyl (C=O) groups excluding carboxylic acids is 2. The normalized spacial score (nSPS) is 14.6. The summed E-state index contributed by atoms with van der Waals surface area (Å²) < 4.78 is 37.3. The summed E-state index contributed by atoms with van der Waals surface area (Å²) in [7, 11) is -2.16. The fraction of sp³-hybridized carbons (Fsp3) is 0.261. The number of methoxy groups -OCH3 is 1. The number of aromatic nitrogens is 1. The third kappa shape index (κ3) is 5.10.